The van der Waals surface area contributed by atoms with Crippen LogP contribution in [0.25, 0.3) is 17.1 Å². The Balaban J connectivity index is 1.56. The summed E-state index contributed by atoms with van der Waals surface area (Å²) < 4.78 is 20.1. The van der Waals surface area contributed by atoms with E-state index in [1.54, 1.807) is 34.9 Å². The van der Waals surface area contributed by atoms with E-state index in [-0.39, 0.29) is 17.6 Å². The van der Waals surface area contributed by atoms with E-state index in [1.165, 1.54) is 18.4 Å². The fourth-order valence-electron chi connectivity index (χ4n) is 2.91. The summed E-state index contributed by atoms with van der Waals surface area (Å²) in [5.41, 5.74) is 2.32. The molecule has 2 aromatic carbocycles. The fourth-order valence-corrected chi connectivity index (χ4v) is 3.23. The third-order valence-corrected chi connectivity index (χ3v) is 5.02. The van der Waals surface area contributed by atoms with Crippen LogP contribution in [0.3, 0.4) is 0 Å². The number of aromatic nitrogens is 2. The van der Waals surface area contributed by atoms with Gasteiger partial charge in [0.1, 0.15) is 23.5 Å². The van der Waals surface area contributed by atoms with Crippen LogP contribution in [0.2, 0.25) is 10.0 Å². The summed E-state index contributed by atoms with van der Waals surface area (Å²) >= 11 is 11.9. The zero-order valence-corrected chi connectivity index (χ0v) is 16.0. The van der Waals surface area contributed by atoms with Gasteiger partial charge in [-0.3, -0.25) is 9.20 Å². The van der Waals surface area contributed by atoms with Crippen molar-refractivity contribution in [1.29, 1.82) is 0 Å². The first kappa shape index (κ1) is 18.5. The first-order chi connectivity index (χ1) is 13.5. The molecule has 5 nitrogen and oxygen atoms in total. The fraction of sp³-hybridized carbons (Fsp3) is 0.100. The van der Waals surface area contributed by atoms with Gasteiger partial charge in [0.15, 0.2) is 0 Å². The predicted octanol–water partition coefficient (Wildman–Crippen LogP) is 5.01. The molecule has 0 saturated carbocycles. The standard InChI is InChI=1S/C20H14Cl2FN3O2/c21-15-6-1-12(11-16(15)22)7-8-24-19(27)18-17(13-2-4-14(23)5-3-13)25-20-26(18)9-10-28-20/h1-6,9-11H,7-8H2,(H,24,27). The van der Waals surface area contributed by atoms with Gasteiger partial charge in [0.05, 0.1) is 10.0 Å². The molecule has 8 heteroatoms. The van der Waals surface area contributed by atoms with E-state index >= 15 is 0 Å². The van der Waals surface area contributed by atoms with E-state index in [2.05, 4.69) is 10.3 Å². The lowest BCUT2D eigenvalue weighted by Gasteiger charge is -2.07. The number of benzene rings is 2. The molecule has 0 bridgehead atoms. The van der Waals surface area contributed by atoms with Crippen LogP contribution < -0.4 is 5.32 Å². The molecule has 4 rings (SSSR count). The molecule has 0 atom stereocenters. The summed E-state index contributed by atoms with van der Waals surface area (Å²) in [6.07, 6.45) is 3.65. The van der Waals surface area contributed by atoms with Crippen LogP contribution in [-0.2, 0) is 6.42 Å². The van der Waals surface area contributed by atoms with Crippen LogP contribution >= 0.6 is 23.2 Å². The molecular formula is C20H14Cl2FN3O2. The molecule has 2 heterocycles. The molecule has 0 unspecified atom stereocenters. The molecular weight excluding hydrogens is 404 g/mol. The first-order valence-corrected chi connectivity index (χ1v) is 9.22. The molecule has 0 aliphatic heterocycles. The van der Waals surface area contributed by atoms with Crippen molar-refractivity contribution in [2.75, 3.05) is 6.54 Å². The third kappa shape index (κ3) is 3.61. The van der Waals surface area contributed by atoms with Gasteiger partial charge in [0.2, 0.25) is 0 Å². The monoisotopic (exact) mass is 417 g/mol. The minimum absolute atomic E-state index is 0.286. The number of rotatable bonds is 5. The summed E-state index contributed by atoms with van der Waals surface area (Å²) in [7, 11) is 0. The molecule has 4 aromatic rings. The van der Waals surface area contributed by atoms with Gasteiger partial charge in [-0.1, -0.05) is 29.3 Å². The second-order valence-corrected chi connectivity index (χ2v) is 6.94. The highest BCUT2D eigenvalue weighted by atomic mass is 35.5. The molecule has 0 fully saturated rings. The Kier molecular flexibility index (Phi) is 5.07. The number of imidazole rings is 1. The number of fused-ring (bicyclic) bond motifs is 1. The molecule has 2 aromatic heterocycles. The molecule has 0 spiro atoms. The quantitative estimate of drug-likeness (QED) is 0.496. The maximum atomic E-state index is 13.2. The SMILES string of the molecule is O=C(NCCc1ccc(Cl)c(Cl)c1)c1c(-c2ccc(F)cc2)nc2occn12. The number of nitrogens with zero attached hydrogens (tertiary/aromatic N) is 2. The molecule has 0 aliphatic rings. The highest BCUT2D eigenvalue weighted by Gasteiger charge is 2.22. The normalized spacial score (nSPS) is 11.1. The van der Waals surface area contributed by atoms with Crippen molar-refractivity contribution in [3.63, 3.8) is 0 Å². The zero-order valence-electron chi connectivity index (χ0n) is 14.5. The van der Waals surface area contributed by atoms with Crippen LogP contribution in [0.15, 0.2) is 59.3 Å². The number of halogens is 3. The largest absolute Gasteiger partial charge is 0.432 e. The van der Waals surface area contributed by atoms with Gasteiger partial charge in [0, 0.05) is 18.3 Å². The number of nitrogens with one attached hydrogen (secondary N) is 1. The van der Waals surface area contributed by atoms with Crippen molar-refractivity contribution in [3.8, 4) is 11.3 Å². The van der Waals surface area contributed by atoms with E-state index in [9.17, 15) is 9.18 Å². The zero-order chi connectivity index (χ0) is 19.7. The lowest BCUT2D eigenvalue weighted by atomic mass is 10.1. The first-order valence-electron chi connectivity index (χ1n) is 8.46. The molecule has 1 N–H and O–H groups in total. The van der Waals surface area contributed by atoms with E-state index in [4.69, 9.17) is 27.6 Å². The highest BCUT2D eigenvalue weighted by Crippen LogP contribution is 2.25. The second kappa shape index (κ2) is 7.66. The Morgan fingerprint density at radius 1 is 1.14 bits per heavy atom. The lowest BCUT2D eigenvalue weighted by Crippen LogP contribution is -2.27. The van der Waals surface area contributed by atoms with Crippen molar-refractivity contribution in [2.24, 2.45) is 0 Å². The van der Waals surface area contributed by atoms with Crippen LogP contribution in [0.5, 0.6) is 0 Å². The molecule has 0 radical (unpaired) electrons. The second-order valence-electron chi connectivity index (χ2n) is 6.13. The summed E-state index contributed by atoms with van der Waals surface area (Å²) in [6.45, 7) is 0.394. The van der Waals surface area contributed by atoms with Crippen LogP contribution in [0, 0.1) is 5.82 Å². The molecule has 0 saturated heterocycles. The Labute approximate surface area is 169 Å². The topological polar surface area (TPSA) is 59.5 Å². The highest BCUT2D eigenvalue weighted by molar-refractivity contribution is 6.42. The average Bonchev–Trinajstić information content (AvgIpc) is 3.26. The van der Waals surface area contributed by atoms with Gasteiger partial charge in [0.25, 0.3) is 5.91 Å². The minimum atomic E-state index is -0.362. The van der Waals surface area contributed by atoms with E-state index in [0.29, 0.717) is 40.0 Å². The summed E-state index contributed by atoms with van der Waals surface area (Å²) in [5.74, 6) is -0.387. The van der Waals surface area contributed by atoms with Gasteiger partial charge in [-0.2, -0.15) is 4.98 Å². The molecule has 142 valence electrons. The average molecular weight is 418 g/mol. The number of oxazole rings is 1. The van der Waals surface area contributed by atoms with Crippen molar-refractivity contribution in [2.45, 2.75) is 6.42 Å². The van der Waals surface area contributed by atoms with Gasteiger partial charge < -0.3 is 9.73 Å². The lowest BCUT2D eigenvalue weighted by molar-refractivity contribution is 0.0949. The van der Waals surface area contributed by atoms with Gasteiger partial charge in [-0.25, -0.2) is 4.39 Å². The Bertz CT molecular complexity index is 1150. The maximum Gasteiger partial charge on any atom is 0.306 e. The Hall–Kier alpha value is -2.83. The molecule has 1 amide bonds. The summed E-state index contributed by atoms with van der Waals surface area (Å²) in [5, 5.41) is 3.84. The number of hydrogen-bond acceptors (Lipinski definition) is 3. The smallest absolute Gasteiger partial charge is 0.306 e. The van der Waals surface area contributed by atoms with E-state index in [1.807, 2.05) is 6.07 Å². The number of hydrogen-bond donors (Lipinski definition) is 1. The Morgan fingerprint density at radius 2 is 1.93 bits per heavy atom. The van der Waals surface area contributed by atoms with Gasteiger partial charge in [-0.05, 0) is 48.4 Å². The minimum Gasteiger partial charge on any atom is -0.432 e. The maximum absolute atomic E-state index is 13.2. The van der Waals surface area contributed by atoms with Crippen molar-refractivity contribution in [3.05, 3.63) is 82.0 Å². The van der Waals surface area contributed by atoms with E-state index < -0.39 is 0 Å². The van der Waals surface area contributed by atoms with Crippen LogP contribution in [0.1, 0.15) is 16.1 Å². The van der Waals surface area contributed by atoms with Crippen molar-refractivity contribution in [1.82, 2.24) is 14.7 Å². The number of carbonyl (C=O) groups is 1. The summed E-state index contributed by atoms with van der Waals surface area (Å²) in [6, 6.07) is 11.1. The number of amides is 1. The molecule has 0 aliphatic carbocycles. The van der Waals surface area contributed by atoms with Crippen molar-refractivity contribution < 1.29 is 13.6 Å². The van der Waals surface area contributed by atoms with Crippen molar-refractivity contribution >= 4 is 35.0 Å². The number of carbonyl (C=O) groups excluding carboxylic acids is 1. The van der Waals surface area contributed by atoms with Crippen LogP contribution in [-0.4, -0.2) is 21.8 Å². The van der Waals surface area contributed by atoms with Crippen LogP contribution in [0.4, 0.5) is 4.39 Å². The third-order valence-electron chi connectivity index (χ3n) is 4.28. The molecule has 28 heavy (non-hydrogen) atoms. The van der Waals surface area contributed by atoms with Gasteiger partial charge >= 0.3 is 5.84 Å². The summed E-state index contributed by atoms with van der Waals surface area (Å²) in [4.78, 5) is 17.2. The van der Waals surface area contributed by atoms with Gasteiger partial charge in [-0.15, -0.1) is 0 Å². The Morgan fingerprint density at radius 3 is 2.68 bits per heavy atom. The van der Waals surface area contributed by atoms with E-state index in [0.717, 1.165) is 5.56 Å². The predicted molar refractivity (Wildman–Crippen MR) is 105 cm³/mol.